The zero-order valence-electron chi connectivity index (χ0n) is 5.58. The Bertz CT molecular complexity index is 325. The van der Waals surface area contributed by atoms with Crippen LogP contribution >= 0.6 is 35.0 Å². The third kappa shape index (κ3) is 1.91. The minimum atomic E-state index is -0.00714. The first kappa shape index (κ1) is 9.39. The lowest BCUT2D eigenvalue weighted by atomic mass is 10.6. The van der Waals surface area contributed by atoms with Gasteiger partial charge in [-0.15, -0.1) is 0 Å². The molecule has 0 aliphatic rings. The molecular formula is C5H2Cl2N4S. The van der Waals surface area contributed by atoms with E-state index in [1.807, 2.05) is 5.40 Å². The highest BCUT2D eigenvalue weighted by Crippen LogP contribution is 2.31. The second-order valence-corrected chi connectivity index (χ2v) is 3.20. The second-order valence-electron chi connectivity index (χ2n) is 1.69. The van der Waals surface area contributed by atoms with Gasteiger partial charge in [-0.3, -0.25) is 0 Å². The first-order valence-corrected chi connectivity index (χ1v) is 4.27. The molecule has 7 heteroatoms. The van der Waals surface area contributed by atoms with Crippen molar-refractivity contribution in [3.05, 3.63) is 10.3 Å². The molecule has 0 atom stereocenters. The number of nitriles is 1. The third-order valence-electron chi connectivity index (χ3n) is 0.948. The Morgan fingerprint density at radius 3 is 2.25 bits per heavy atom. The summed E-state index contributed by atoms with van der Waals surface area (Å²) in [5.41, 5.74) is 5.24. The number of anilines is 1. The quantitative estimate of drug-likeness (QED) is 0.445. The first-order chi connectivity index (χ1) is 5.65. The van der Waals surface area contributed by atoms with E-state index in [2.05, 4.69) is 9.97 Å². The minimum absolute atomic E-state index is 0.00714. The van der Waals surface area contributed by atoms with Crippen LogP contribution in [0.15, 0.2) is 4.90 Å². The number of nitrogens with two attached hydrogens (primary N) is 1. The predicted molar refractivity (Wildman–Crippen MR) is 47.9 cm³/mol. The van der Waals surface area contributed by atoms with Crippen molar-refractivity contribution in [3.63, 3.8) is 0 Å². The molecule has 4 nitrogen and oxygen atoms in total. The highest BCUT2D eigenvalue weighted by molar-refractivity contribution is 8.04. The van der Waals surface area contributed by atoms with E-state index in [1.165, 1.54) is 0 Å². The summed E-state index contributed by atoms with van der Waals surface area (Å²) >= 11 is 12.1. The number of nitrogens with zero attached hydrogens (tertiary/aromatic N) is 3. The van der Waals surface area contributed by atoms with Crippen molar-refractivity contribution in [1.29, 1.82) is 5.26 Å². The van der Waals surface area contributed by atoms with Gasteiger partial charge >= 0.3 is 0 Å². The van der Waals surface area contributed by atoms with E-state index < -0.39 is 0 Å². The highest BCUT2D eigenvalue weighted by Gasteiger charge is 2.10. The summed E-state index contributed by atoms with van der Waals surface area (Å²) in [5, 5.41) is 10.4. The molecule has 1 aromatic rings. The summed E-state index contributed by atoms with van der Waals surface area (Å²) in [6, 6.07) is 0. The van der Waals surface area contributed by atoms with Crippen LogP contribution in [-0.2, 0) is 0 Å². The molecule has 1 aromatic heterocycles. The molecule has 2 N–H and O–H groups in total. The highest BCUT2D eigenvalue weighted by atomic mass is 35.5. The third-order valence-corrected chi connectivity index (χ3v) is 2.40. The van der Waals surface area contributed by atoms with E-state index >= 15 is 0 Å². The van der Waals surface area contributed by atoms with Crippen molar-refractivity contribution in [2.24, 2.45) is 0 Å². The maximum atomic E-state index is 8.35. The molecule has 62 valence electrons. The fourth-order valence-electron chi connectivity index (χ4n) is 0.543. The lowest BCUT2D eigenvalue weighted by molar-refractivity contribution is 1.12. The first-order valence-electron chi connectivity index (χ1n) is 2.69. The van der Waals surface area contributed by atoms with Gasteiger partial charge in [-0.1, -0.05) is 23.2 Å². The smallest absolute Gasteiger partial charge is 0.222 e. The van der Waals surface area contributed by atoms with Crippen LogP contribution in [-0.4, -0.2) is 9.97 Å². The van der Waals surface area contributed by atoms with Crippen molar-refractivity contribution in [2.45, 2.75) is 4.90 Å². The predicted octanol–water partition coefficient (Wildman–Crippen LogP) is 1.94. The molecular weight excluding hydrogens is 219 g/mol. The Kier molecular flexibility index (Phi) is 2.98. The van der Waals surface area contributed by atoms with Crippen LogP contribution in [0.3, 0.4) is 0 Å². The number of aromatic nitrogens is 2. The fraction of sp³-hybridized carbons (Fsp3) is 0. The molecule has 0 aliphatic heterocycles. The summed E-state index contributed by atoms with van der Waals surface area (Å²) < 4.78 is 0. The van der Waals surface area contributed by atoms with Crippen LogP contribution in [0.1, 0.15) is 0 Å². The lowest BCUT2D eigenvalue weighted by Gasteiger charge is -2.00. The average Bonchev–Trinajstić information content (AvgIpc) is 1.96. The van der Waals surface area contributed by atoms with Crippen molar-refractivity contribution < 1.29 is 0 Å². The fourth-order valence-corrected chi connectivity index (χ4v) is 1.53. The zero-order valence-corrected chi connectivity index (χ0v) is 7.91. The molecule has 0 radical (unpaired) electrons. The van der Waals surface area contributed by atoms with Crippen LogP contribution in [0.4, 0.5) is 5.95 Å². The van der Waals surface area contributed by atoms with Crippen molar-refractivity contribution in [3.8, 4) is 5.40 Å². The van der Waals surface area contributed by atoms with Gasteiger partial charge in [0.25, 0.3) is 0 Å². The normalized spacial score (nSPS) is 9.42. The van der Waals surface area contributed by atoms with Gasteiger partial charge < -0.3 is 5.73 Å². The van der Waals surface area contributed by atoms with E-state index in [0.717, 1.165) is 11.8 Å². The largest absolute Gasteiger partial charge is 0.368 e. The van der Waals surface area contributed by atoms with Crippen LogP contribution in [0.5, 0.6) is 0 Å². The molecule has 0 saturated carbocycles. The molecule has 1 rings (SSSR count). The van der Waals surface area contributed by atoms with Gasteiger partial charge in [0.2, 0.25) is 5.95 Å². The number of thioether (sulfide) groups is 1. The number of hydrogen-bond donors (Lipinski definition) is 1. The van der Waals surface area contributed by atoms with Crippen LogP contribution < -0.4 is 5.73 Å². The second kappa shape index (κ2) is 3.81. The molecule has 12 heavy (non-hydrogen) atoms. The van der Waals surface area contributed by atoms with Crippen LogP contribution in [0.25, 0.3) is 0 Å². The van der Waals surface area contributed by atoms with E-state index in [0.29, 0.717) is 4.90 Å². The SMILES string of the molecule is N#CSc1c(Cl)nc(N)nc1Cl. The lowest BCUT2D eigenvalue weighted by Crippen LogP contribution is -1.96. The molecule has 0 bridgehead atoms. The maximum Gasteiger partial charge on any atom is 0.222 e. The number of thiocyanates is 1. The molecule has 0 aliphatic carbocycles. The zero-order chi connectivity index (χ0) is 9.14. The molecule has 0 amide bonds. The van der Waals surface area contributed by atoms with Crippen molar-refractivity contribution in [1.82, 2.24) is 9.97 Å². The van der Waals surface area contributed by atoms with E-state index in [4.69, 9.17) is 34.2 Å². The van der Waals surface area contributed by atoms with E-state index in [-0.39, 0.29) is 16.3 Å². The van der Waals surface area contributed by atoms with Crippen molar-refractivity contribution >= 4 is 40.9 Å². The summed E-state index contributed by atoms with van der Waals surface area (Å²) in [4.78, 5) is 7.59. The van der Waals surface area contributed by atoms with Crippen LogP contribution in [0.2, 0.25) is 10.3 Å². The summed E-state index contributed by atoms with van der Waals surface area (Å²) in [6.07, 6.45) is 0. The number of hydrogen-bond acceptors (Lipinski definition) is 5. The Morgan fingerprint density at radius 2 is 1.83 bits per heavy atom. The van der Waals surface area contributed by atoms with Gasteiger partial charge in [-0.25, -0.2) is 0 Å². The average molecular weight is 221 g/mol. The van der Waals surface area contributed by atoms with E-state index in [1.54, 1.807) is 0 Å². The number of nitrogen functional groups attached to an aromatic ring is 1. The van der Waals surface area contributed by atoms with Gasteiger partial charge in [0.15, 0.2) is 10.3 Å². The molecule has 0 saturated heterocycles. The Morgan fingerprint density at radius 1 is 1.33 bits per heavy atom. The van der Waals surface area contributed by atoms with Gasteiger partial charge in [-0.2, -0.15) is 15.2 Å². The topological polar surface area (TPSA) is 75.6 Å². The summed E-state index contributed by atoms with van der Waals surface area (Å²) in [7, 11) is 0. The molecule has 0 unspecified atom stereocenters. The Balaban J connectivity index is 3.21. The van der Waals surface area contributed by atoms with E-state index in [9.17, 15) is 0 Å². The van der Waals surface area contributed by atoms with Crippen LogP contribution in [0, 0.1) is 10.7 Å². The molecule has 0 fully saturated rings. The Hall–Kier alpha value is -0.700. The maximum absolute atomic E-state index is 8.35. The molecule has 0 aromatic carbocycles. The summed E-state index contributed by atoms with van der Waals surface area (Å²) in [6.45, 7) is 0. The number of rotatable bonds is 1. The van der Waals surface area contributed by atoms with Gasteiger partial charge in [0.1, 0.15) is 5.40 Å². The van der Waals surface area contributed by atoms with Gasteiger partial charge in [0.05, 0.1) is 4.90 Å². The summed E-state index contributed by atoms with van der Waals surface area (Å²) in [5.74, 6) is -0.00714. The van der Waals surface area contributed by atoms with Gasteiger partial charge in [-0.05, 0) is 11.8 Å². The standard InChI is InChI=1S/C5H2Cl2N4S/c6-3-2(12-1-8)4(7)11-5(9)10-3/h(H2,9,10,11). The molecule has 1 heterocycles. The minimum Gasteiger partial charge on any atom is -0.368 e. The monoisotopic (exact) mass is 220 g/mol. The van der Waals surface area contributed by atoms with Crippen molar-refractivity contribution in [2.75, 3.05) is 5.73 Å². The molecule has 0 spiro atoms. The number of halogens is 2. The van der Waals surface area contributed by atoms with Gasteiger partial charge in [0, 0.05) is 0 Å². The Labute approximate surface area is 82.7 Å².